The summed E-state index contributed by atoms with van der Waals surface area (Å²) in [5.74, 6) is 2.00. The number of aromatic nitrogens is 2. The van der Waals surface area contributed by atoms with Crippen molar-refractivity contribution in [2.45, 2.75) is 39.8 Å². The number of benzene rings is 2. The summed E-state index contributed by atoms with van der Waals surface area (Å²) in [5, 5.41) is 10.7. The van der Waals surface area contributed by atoms with Crippen LogP contribution >= 0.6 is 0 Å². The predicted molar refractivity (Wildman–Crippen MR) is 132 cm³/mol. The van der Waals surface area contributed by atoms with Crippen molar-refractivity contribution in [1.82, 2.24) is 14.9 Å². The second-order valence-electron chi connectivity index (χ2n) is 9.65. The lowest BCUT2D eigenvalue weighted by atomic mass is 9.85. The molecule has 0 bridgehead atoms. The Kier molecular flexibility index (Phi) is 6.77. The molecule has 1 aliphatic rings. The molecule has 180 valence electrons. The van der Waals surface area contributed by atoms with E-state index >= 15 is 0 Å². The van der Waals surface area contributed by atoms with Crippen molar-refractivity contribution in [3.63, 3.8) is 0 Å². The average molecular weight is 465 g/mol. The summed E-state index contributed by atoms with van der Waals surface area (Å²) in [5.41, 5.74) is 1.59. The highest BCUT2D eigenvalue weighted by molar-refractivity contribution is 5.92. The van der Waals surface area contributed by atoms with Crippen molar-refractivity contribution in [3.05, 3.63) is 54.4 Å². The summed E-state index contributed by atoms with van der Waals surface area (Å²) in [4.78, 5) is 24.8. The lowest BCUT2D eigenvalue weighted by molar-refractivity contribution is 0.0902. The number of methoxy groups -OCH3 is 1. The van der Waals surface area contributed by atoms with Gasteiger partial charge in [-0.15, -0.1) is 0 Å². The molecular weight excluding hydrogens is 432 g/mol. The molecule has 34 heavy (non-hydrogen) atoms. The standard InChI is InChI=1S/C26H32N4O4/c1-26(2,3)23-15-29(11-8-12-30(23)25(31)32)24-19-13-21(33-4)22(14-20(19)27-17-28-24)34-16-18-9-6-5-7-10-18/h5-7,9-10,13-14,17,23H,8,11-12,15-16H2,1-4H3,(H,31,32). The van der Waals surface area contributed by atoms with Crippen molar-refractivity contribution < 1.29 is 19.4 Å². The van der Waals surface area contributed by atoms with Crippen LogP contribution in [0.5, 0.6) is 11.5 Å². The van der Waals surface area contributed by atoms with Crippen LogP contribution < -0.4 is 14.4 Å². The average Bonchev–Trinajstić information content (AvgIpc) is 3.06. The maximum atomic E-state index is 12.0. The fraction of sp³-hybridized carbons (Fsp3) is 0.423. The molecule has 0 aliphatic carbocycles. The van der Waals surface area contributed by atoms with E-state index in [4.69, 9.17) is 9.47 Å². The minimum atomic E-state index is -0.879. The van der Waals surface area contributed by atoms with Gasteiger partial charge in [0, 0.05) is 31.1 Å². The largest absolute Gasteiger partial charge is 0.493 e. The molecule has 1 fully saturated rings. The zero-order valence-corrected chi connectivity index (χ0v) is 20.2. The molecule has 1 saturated heterocycles. The predicted octanol–water partition coefficient (Wildman–Crippen LogP) is 4.82. The van der Waals surface area contributed by atoms with E-state index in [1.54, 1.807) is 18.3 Å². The van der Waals surface area contributed by atoms with Crippen LogP contribution in [0.1, 0.15) is 32.8 Å². The van der Waals surface area contributed by atoms with Crippen LogP contribution in [0.2, 0.25) is 0 Å². The summed E-state index contributed by atoms with van der Waals surface area (Å²) in [6.45, 7) is 8.41. The first-order chi connectivity index (χ1) is 16.3. The molecule has 1 aliphatic heterocycles. The van der Waals surface area contributed by atoms with Crippen LogP contribution in [0, 0.1) is 5.41 Å². The quantitative estimate of drug-likeness (QED) is 0.579. The van der Waals surface area contributed by atoms with Gasteiger partial charge in [0.2, 0.25) is 0 Å². The molecule has 4 rings (SSSR count). The summed E-state index contributed by atoms with van der Waals surface area (Å²) in [6.07, 6.45) is 1.40. The van der Waals surface area contributed by atoms with E-state index in [-0.39, 0.29) is 11.5 Å². The fourth-order valence-electron chi connectivity index (χ4n) is 4.46. The number of hydrogen-bond acceptors (Lipinski definition) is 6. The number of anilines is 1. The molecule has 1 aromatic heterocycles. The van der Waals surface area contributed by atoms with Gasteiger partial charge in [-0.2, -0.15) is 0 Å². The highest BCUT2D eigenvalue weighted by Crippen LogP contribution is 2.37. The second-order valence-corrected chi connectivity index (χ2v) is 9.65. The minimum Gasteiger partial charge on any atom is -0.493 e. The molecule has 2 heterocycles. The number of carboxylic acid groups (broad SMARTS) is 1. The Bertz CT molecular complexity index is 1150. The number of carbonyl (C=O) groups is 1. The van der Waals surface area contributed by atoms with Crippen LogP contribution in [0.4, 0.5) is 10.6 Å². The van der Waals surface area contributed by atoms with Gasteiger partial charge in [0.05, 0.1) is 18.7 Å². The SMILES string of the molecule is COc1cc2c(N3CCCN(C(=O)O)C(C(C)(C)C)C3)ncnc2cc1OCc1ccccc1. The van der Waals surface area contributed by atoms with Crippen molar-refractivity contribution in [2.24, 2.45) is 5.41 Å². The lowest BCUT2D eigenvalue weighted by Gasteiger charge is -2.39. The van der Waals surface area contributed by atoms with Crippen LogP contribution in [0.25, 0.3) is 10.9 Å². The van der Waals surface area contributed by atoms with Gasteiger partial charge in [-0.3, -0.25) is 0 Å². The van der Waals surface area contributed by atoms with E-state index in [1.165, 1.54) is 0 Å². The summed E-state index contributed by atoms with van der Waals surface area (Å²) in [7, 11) is 1.62. The van der Waals surface area contributed by atoms with Crippen LogP contribution in [0.3, 0.4) is 0 Å². The zero-order chi connectivity index (χ0) is 24.3. The van der Waals surface area contributed by atoms with Crippen LogP contribution in [0.15, 0.2) is 48.8 Å². The van der Waals surface area contributed by atoms with E-state index in [9.17, 15) is 9.90 Å². The number of ether oxygens (including phenoxy) is 2. The van der Waals surface area contributed by atoms with Gasteiger partial charge in [0.1, 0.15) is 18.8 Å². The minimum absolute atomic E-state index is 0.173. The van der Waals surface area contributed by atoms with E-state index in [1.807, 2.05) is 42.5 Å². The first-order valence-electron chi connectivity index (χ1n) is 11.5. The Balaban J connectivity index is 1.68. The van der Waals surface area contributed by atoms with E-state index in [0.29, 0.717) is 37.7 Å². The zero-order valence-electron chi connectivity index (χ0n) is 20.2. The summed E-state index contributed by atoms with van der Waals surface area (Å²) < 4.78 is 11.7. The maximum Gasteiger partial charge on any atom is 0.407 e. The van der Waals surface area contributed by atoms with Crippen LogP contribution in [-0.2, 0) is 6.61 Å². The lowest BCUT2D eigenvalue weighted by Crippen LogP contribution is -2.51. The summed E-state index contributed by atoms with van der Waals surface area (Å²) in [6, 6.07) is 13.6. The Hall–Kier alpha value is -3.55. The third-order valence-electron chi connectivity index (χ3n) is 6.28. The first kappa shape index (κ1) is 23.6. The van der Waals surface area contributed by atoms with Crippen molar-refractivity contribution in [1.29, 1.82) is 0 Å². The van der Waals surface area contributed by atoms with Gasteiger partial charge in [0.25, 0.3) is 0 Å². The number of amides is 1. The third-order valence-corrected chi connectivity index (χ3v) is 6.28. The fourth-order valence-corrected chi connectivity index (χ4v) is 4.46. The number of hydrogen-bond donors (Lipinski definition) is 1. The van der Waals surface area contributed by atoms with Crippen LogP contribution in [-0.4, -0.2) is 58.9 Å². The molecule has 1 N–H and O–H groups in total. The van der Waals surface area contributed by atoms with Gasteiger partial charge in [-0.25, -0.2) is 14.8 Å². The Labute approximate surface area is 200 Å². The molecule has 8 nitrogen and oxygen atoms in total. The molecule has 1 amide bonds. The second kappa shape index (κ2) is 9.75. The van der Waals surface area contributed by atoms with Gasteiger partial charge < -0.3 is 24.4 Å². The third kappa shape index (κ3) is 5.00. The molecule has 1 atom stereocenters. The van der Waals surface area contributed by atoms with Gasteiger partial charge >= 0.3 is 6.09 Å². The topological polar surface area (TPSA) is 88.0 Å². The Morgan fingerprint density at radius 1 is 1.12 bits per heavy atom. The van der Waals surface area contributed by atoms with E-state index in [0.717, 1.165) is 28.7 Å². The van der Waals surface area contributed by atoms with Gasteiger partial charge in [-0.05, 0) is 23.5 Å². The van der Waals surface area contributed by atoms with Crippen molar-refractivity contribution >= 4 is 22.8 Å². The highest BCUT2D eigenvalue weighted by atomic mass is 16.5. The summed E-state index contributed by atoms with van der Waals surface area (Å²) >= 11 is 0. The first-order valence-corrected chi connectivity index (χ1v) is 11.5. The Morgan fingerprint density at radius 2 is 1.88 bits per heavy atom. The molecular formula is C26H32N4O4. The van der Waals surface area contributed by atoms with Gasteiger partial charge in [0.15, 0.2) is 11.5 Å². The molecule has 8 heteroatoms. The molecule has 1 unspecified atom stereocenters. The van der Waals surface area contributed by atoms with Gasteiger partial charge in [-0.1, -0.05) is 51.1 Å². The molecule has 0 saturated carbocycles. The Morgan fingerprint density at radius 3 is 2.56 bits per heavy atom. The maximum absolute atomic E-state index is 12.0. The smallest absolute Gasteiger partial charge is 0.407 e. The number of rotatable bonds is 5. The highest BCUT2D eigenvalue weighted by Gasteiger charge is 2.37. The van der Waals surface area contributed by atoms with E-state index < -0.39 is 6.09 Å². The normalized spacial score (nSPS) is 16.9. The van der Waals surface area contributed by atoms with E-state index in [2.05, 4.69) is 35.6 Å². The monoisotopic (exact) mass is 464 g/mol. The molecule has 3 aromatic rings. The van der Waals surface area contributed by atoms with Crippen molar-refractivity contribution in [3.8, 4) is 11.5 Å². The molecule has 2 aromatic carbocycles. The molecule has 0 radical (unpaired) electrons. The van der Waals surface area contributed by atoms with Crippen molar-refractivity contribution in [2.75, 3.05) is 31.6 Å². The number of fused-ring (bicyclic) bond motifs is 1. The number of nitrogens with zero attached hydrogens (tertiary/aromatic N) is 4. The molecule has 0 spiro atoms.